The molecule has 0 amide bonds. The number of sulfonamides is 1. The van der Waals surface area contributed by atoms with Crippen molar-refractivity contribution in [2.75, 3.05) is 0 Å². The Morgan fingerprint density at radius 3 is 2.29 bits per heavy atom. The number of hydrogen-bond donors (Lipinski definition) is 1. The second kappa shape index (κ2) is 8.69. The predicted molar refractivity (Wildman–Crippen MR) is 107 cm³/mol. The van der Waals surface area contributed by atoms with Crippen LogP contribution >= 0.6 is 11.6 Å². The fraction of sp³-hybridized carbons (Fsp3) is 0. The molecule has 0 aliphatic rings. The van der Waals surface area contributed by atoms with Gasteiger partial charge in [0.25, 0.3) is 10.0 Å². The van der Waals surface area contributed by atoms with Crippen LogP contribution in [0.3, 0.4) is 0 Å². The number of carbonyl (C=O) groups excluding carboxylic acids is 1. The van der Waals surface area contributed by atoms with Crippen molar-refractivity contribution < 1.29 is 17.9 Å². The number of hydrazone groups is 1. The van der Waals surface area contributed by atoms with Crippen LogP contribution in [-0.2, 0) is 10.0 Å². The first-order chi connectivity index (χ1) is 13.5. The van der Waals surface area contributed by atoms with Gasteiger partial charge in [0.15, 0.2) is 0 Å². The van der Waals surface area contributed by atoms with Gasteiger partial charge < -0.3 is 4.74 Å². The van der Waals surface area contributed by atoms with Crippen LogP contribution < -0.4 is 9.57 Å². The highest BCUT2D eigenvalue weighted by Crippen LogP contribution is 2.18. The molecule has 0 radical (unpaired) electrons. The largest absolute Gasteiger partial charge is 0.422 e. The molecule has 0 fully saturated rings. The number of rotatable bonds is 6. The molecule has 8 heteroatoms. The molecule has 3 rings (SSSR count). The van der Waals surface area contributed by atoms with Crippen molar-refractivity contribution in [2.24, 2.45) is 5.10 Å². The smallest absolute Gasteiger partial charge is 0.343 e. The van der Waals surface area contributed by atoms with E-state index in [-0.39, 0.29) is 10.6 Å². The number of nitrogens with one attached hydrogen (secondary N) is 1. The molecule has 1 N–H and O–H groups in total. The van der Waals surface area contributed by atoms with Crippen LogP contribution in [0.2, 0.25) is 5.02 Å². The molecule has 3 aromatic rings. The molecule has 142 valence electrons. The van der Waals surface area contributed by atoms with Crippen LogP contribution in [0.15, 0.2) is 88.9 Å². The molecule has 0 atom stereocenters. The number of halogens is 1. The highest BCUT2D eigenvalue weighted by molar-refractivity contribution is 7.89. The van der Waals surface area contributed by atoms with Crippen molar-refractivity contribution in [2.45, 2.75) is 4.90 Å². The summed E-state index contributed by atoms with van der Waals surface area (Å²) in [5.41, 5.74) is 0.765. The third kappa shape index (κ3) is 4.97. The Balaban J connectivity index is 1.74. The minimum atomic E-state index is -3.78. The number of ether oxygens (including phenoxy) is 1. The molecule has 0 saturated carbocycles. The Morgan fingerprint density at radius 1 is 0.929 bits per heavy atom. The summed E-state index contributed by atoms with van der Waals surface area (Å²) in [5.74, 6) is -0.326. The zero-order chi connectivity index (χ0) is 20.0. The zero-order valence-corrected chi connectivity index (χ0v) is 16.0. The highest BCUT2D eigenvalue weighted by atomic mass is 35.5. The summed E-state index contributed by atoms with van der Waals surface area (Å²) in [4.78, 5) is 14.5. The lowest BCUT2D eigenvalue weighted by Gasteiger charge is -2.07. The monoisotopic (exact) mass is 414 g/mol. The zero-order valence-electron chi connectivity index (χ0n) is 14.4. The van der Waals surface area contributed by atoms with Gasteiger partial charge >= 0.3 is 5.97 Å². The summed E-state index contributed by atoms with van der Waals surface area (Å²) in [7, 11) is -3.78. The third-order valence-electron chi connectivity index (χ3n) is 3.63. The SMILES string of the molecule is O=C(Oc1ccccc1/C=N/NS(=O)(=O)c1ccccc1)c1ccc(Cl)cc1. The normalized spacial score (nSPS) is 11.3. The van der Waals surface area contributed by atoms with Gasteiger partial charge in [0.1, 0.15) is 5.75 Å². The Hall–Kier alpha value is -3.16. The number of carbonyl (C=O) groups is 1. The molecule has 0 aliphatic heterocycles. The number of nitrogens with zero attached hydrogens (tertiary/aromatic N) is 1. The molecule has 0 spiro atoms. The molecule has 6 nitrogen and oxygen atoms in total. The summed E-state index contributed by atoms with van der Waals surface area (Å²) >= 11 is 5.81. The minimum absolute atomic E-state index is 0.0922. The van der Waals surface area contributed by atoms with Gasteiger partial charge in [-0.05, 0) is 48.5 Å². The number of hydrogen-bond acceptors (Lipinski definition) is 5. The van der Waals surface area contributed by atoms with Gasteiger partial charge in [0.2, 0.25) is 0 Å². The molecule has 0 unspecified atom stereocenters. The third-order valence-corrected chi connectivity index (χ3v) is 5.12. The van der Waals surface area contributed by atoms with Gasteiger partial charge in [-0.3, -0.25) is 0 Å². The second-order valence-electron chi connectivity index (χ2n) is 5.60. The minimum Gasteiger partial charge on any atom is -0.422 e. The summed E-state index contributed by atoms with van der Waals surface area (Å²) in [6.07, 6.45) is 1.27. The van der Waals surface area contributed by atoms with E-state index in [1.54, 1.807) is 66.7 Å². The molecule has 0 heterocycles. The molecule has 0 aromatic heterocycles. The maximum absolute atomic E-state index is 12.3. The second-order valence-corrected chi connectivity index (χ2v) is 7.70. The standard InChI is InChI=1S/C20H15ClN2O4S/c21-17-12-10-15(11-13-17)20(24)27-19-9-5-4-6-16(19)14-22-23-28(25,26)18-7-2-1-3-8-18/h1-14,23H/b22-14+. The van der Waals surface area contributed by atoms with Gasteiger partial charge in [-0.1, -0.05) is 41.9 Å². The van der Waals surface area contributed by atoms with E-state index >= 15 is 0 Å². The summed E-state index contributed by atoms with van der Waals surface area (Å²) < 4.78 is 29.7. The summed E-state index contributed by atoms with van der Waals surface area (Å²) in [6.45, 7) is 0. The van der Waals surface area contributed by atoms with Crippen LogP contribution in [-0.4, -0.2) is 20.6 Å². The summed E-state index contributed by atoms with van der Waals surface area (Å²) in [5, 5.41) is 4.28. The molecule has 0 bridgehead atoms. The van der Waals surface area contributed by atoms with Gasteiger partial charge in [-0.2, -0.15) is 13.5 Å². The van der Waals surface area contributed by atoms with E-state index in [1.807, 2.05) is 0 Å². The van der Waals surface area contributed by atoms with Gasteiger partial charge in [0, 0.05) is 10.6 Å². The van der Waals surface area contributed by atoms with Crippen LogP contribution in [0, 0.1) is 0 Å². The molecule has 0 aliphatic carbocycles. The molecule has 3 aromatic carbocycles. The maximum Gasteiger partial charge on any atom is 0.343 e. The van der Waals surface area contributed by atoms with E-state index in [2.05, 4.69) is 9.93 Å². The average Bonchev–Trinajstić information content (AvgIpc) is 2.70. The quantitative estimate of drug-likeness (QED) is 0.287. The van der Waals surface area contributed by atoms with Crippen molar-refractivity contribution in [3.05, 3.63) is 95.0 Å². The van der Waals surface area contributed by atoms with Gasteiger partial charge in [-0.15, -0.1) is 0 Å². The van der Waals surface area contributed by atoms with Crippen molar-refractivity contribution in [1.82, 2.24) is 4.83 Å². The Labute approximate surface area is 167 Å². The number of esters is 1. The first-order valence-corrected chi connectivity index (χ1v) is 9.98. The Kier molecular flexibility index (Phi) is 6.08. The van der Waals surface area contributed by atoms with Crippen LogP contribution in [0.5, 0.6) is 5.75 Å². The van der Waals surface area contributed by atoms with E-state index in [4.69, 9.17) is 16.3 Å². The van der Waals surface area contributed by atoms with Crippen molar-refractivity contribution in [3.63, 3.8) is 0 Å². The maximum atomic E-state index is 12.3. The number of benzene rings is 3. The number of para-hydroxylation sites is 1. The van der Waals surface area contributed by atoms with E-state index < -0.39 is 16.0 Å². The molecular weight excluding hydrogens is 400 g/mol. The highest BCUT2D eigenvalue weighted by Gasteiger charge is 2.13. The Bertz CT molecular complexity index is 1100. The predicted octanol–water partition coefficient (Wildman–Crippen LogP) is 3.87. The fourth-order valence-corrected chi connectivity index (χ4v) is 3.18. The van der Waals surface area contributed by atoms with E-state index in [9.17, 15) is 13.2 Å². The Morgan fingerprint density at radius 2 is 1.57 bits per heavy atom. The van der Waals surface area contributed by atoms with Gasteiger partial charge in [-0.25, -0.2) is 9.63 Å². The van der Waals surface area contributed by atoms with Crippen molar-refractivity contribution in [1.29, 1.82) is 0 Å². The van der Waals surface area contributed by atoms with Gasteiger partial charge in [0.05, 0.1) is 16.7 Å². The topological polar surface area (TPSA) is 84.8 Å². The summed E-state index contributed by atoms with van der Waals surface area (Å²) in [6, 6.07) is 20.8. The van der Waals surface area contributed by atoms with E-state index in [0.29, 0.717) is 16.1 Å². The lowest BCUT2D eigenvalue weighted by molar-refractivity contribution is 0.0734. The average molecular weight is 415 g/mol. The molecular formula is C20H15ClN2O4S. The van der Waals surface area contributed by atoms with E-state index in [1.165, 1.54) is 18.3 Å². The first kappa shape index (κ1) is 19.6. The lowest BCUT2D eigenvalue weighted by atomic mass is 10.2. The molecule has 28 heavy (non-hydrogen) atoms. The van der Waals surface area contributed by atoms with E-state index in [0.717, 1.165) is 0 Å². The molecule has 0 saturated heterocycles. The lowest BCUT2D eigenvalue weighted by Crippen LogP contribution is -2.18. The van der Waals surface area contributed by atoms with Crippen molar-refractivity contribution >= 4 is 33.8 Å². The fourth-order valence-electron chi connectivity index (χ4n) is 2.24. The van der Waals surface area contributed by atoms with Crippen LogP contribution in [0.25, 0.3) is 0 Å². The van der Waals surface area contributed by atoms with Crippen LogP contribution in [0.4, 0.5) is 0 Å². The first-order valence-electron chi connectivity index (χ1n) is 8.12. The van der Waals surface area contributed by atoms with Crippen molar-refractivity contribution in [3.8, 4) is 5.75 Å². The van der Waals surface area contributed by atoms with Crippen LogP contribution in [0.1, 0.15) is 15.9 Å².